The first-order chi connectivity index (χ1) is 13.3. The van der Waals surface area contributed by atoms with Crippen LogP contribution in [0.2, 0.25) is 10.0 Å². The molecule has 150 valence electrons. The number of rotatable bonds is 5. The van der Waals surface area contributed by atoms with E-state index < -0.39 is 0 Å². The molecule has 0 radical (unpaired) electrons. The Kier molecular flexibility index (Phi) is 6.81. The monoisotopic (exact) mass is 424 g/mol. The van der Waals surface area contributed by atoms with Gasteiger partial charge in [-0.15, -0.1) is 0 Å². The Morgan fingerprint density at radius 2 is 1.71 bits per heavy atom. The average molecular weight is 425 g/mol. The molecule has 0 aliphatic carbocycles. The third kappa shape index (κ3) is 5.37. The zero-order chi connectivity index (χ0) is 20.3. The van der Waals surface area contributed by atoms with Crippen LogP contribution in [0.4, 0.5) is 4.39 Å². The number of halogens is 3. The predicted molar refractivity (Wildman–Crippen MR) is 109 cm³/mol. The highest BCUT2D eigenvalue weighted by Crippen LogP contribution is 2.24. The van der Waals surface area contributed by atoms with Gasteiger partial charge in [0.25, 0.3) is 5.91 Å². The molecular formula is C21H23Cl2FN2O2. The van der Waals surface area contributed by atoms with Crippen LogP contribution < -0.4 is 4.74 Å². The minimum absolute atomic E-state index is 0.0516. The fraction of sp³-hybridized carbons (Fsp3) is 0.381. The Morgan fingerprint density at radius 3 is 2.36 bits per heavy atom. The van der Waals surface area contributed by atoms with Crippen molar-refractivity contribution >= 4 is 29.1 Å². The van der Waals surface area contributed by atoms with Gasteiger partial charge in [-0.05, 0) is 49.7 Å². The van der Waals surface area contributed by atoms with Crippen molar-refractivity contribution in [1.29, 1.82) is 0 Å². The summed E-state index contributed by atoms with van der Waals surface area (Å²) in [6.07, 6.45) is 0. The Bertz CT molecular complexity index is 811. The molecule has 1 fully saturated rings. The lowest BCUT2D eigenvalue weighted by molar-refractivity contribution is -0.139. The molecule has 4 nitrogen and oxygen atoms in total. The van der Waals surface area contributed by atoms with Crippen molar-refractivity contribution in [2.24, 2.45) is 0 Å². The summed E-state index contributed by atoms with van der Waals surface area (Å²) in [5, 5.41) is 0.928. The summed E-state index contributed by atoms with van der Waals surface area (Å²) >= 11 is 11.9. The van der Waals surface area contributed by atoms with Gasteiger partial charge >= 0.3 is 0 Å². The van der Waals surface area contributed by atoms with Crippen molar-refractivity contribution in [3.8, 4) is 5.75 Å². The summed E-state index contributed by atoms with van der Waals surface area (Å²) in [6.45, 7) is 6.14. The van der Waals surface area contributed by atoms with Crippen LogP contribution in [0.15, 0.2) is 42.5 Å². The fourth-order valence-electron chi connectivity index (χ4n) is 3.43. The van der Waals surface area contributed by atoms with Gasteiger partial charge < -0.3 is 9.64 Å². The molecule has 1 heterocycles. The van der Waals surface area contributed by atoms with Crippen LogP contribution in [0.25, 0.3) is 0 Å². The summed E-state index contributed by atoms with van der Waals surface area (Å²) in [4.78, 5) is 16.8. The molecule has 3 rings (SSSR count). The molecule has 0 unspecified atom stereocenters. The summed E-state index contributed by atoms with van der Waals surface area (Å²) < 4.78 is 18.7. The molecule has 1 aliphatic rings. The molecule has 0 saturated carbocycles. The van der Waals surface area contributed by atoms with Crippen molar-refractivity contribution in [2.75, 3.05) is 19.7 Å². The maximum absolute atomic E-state index is 13.1. The molecule has 0 bridgehead atoms. The summed E-state index contributed by atoms with van der Waals surface area (Å²) in [7, 11) is 0. The molecule has 0 aromatic heterocycles. The lowest BCUT2D eigenvalue weighted by Crippen LogP contribution is -2.58. The first-order valence-corrected chi connectivity index (χ1v) is 9.94. The molecule has 2 aromatic rings. The molecule has 7 heteroatoms. The minimum atomic E-state index is -0.235. The van der Waals surface area contributed by atoms with Gasteiger partial charge in [0.15, 0.2) is 6.61 Å². The number of ether oxygens (including phenoxy) is 1. The number of carbonyl (C=O) groups is 1. The predicted octanol–water partition coefficient (Wildman–Crippen LogP) is 4.63. The average Bonchev–Trinajstić information content (AvgIpc) is 2.63. The topological polar surface area (TPSA) is 32.8 Å². The van der Waals surface area contributed by atoms with Gasteiger partial charge in [-0.3, -0.25) is 9.69 Å². The van der Waals surface area contributed by atoms with E-state index in [1.807, 2.05) is 11.8 Å². The molecule has 0 N–H and O–H groups in total. The lowest BCUT2D eigenvalue weighted by Gasteiger charge is -2.44. The molecule has 1 aliphatic heterocycles. The van der Waals surface area contributed by atoms with E-state index in [0.29, 0.717) is 22.3 Å². The van der Waals surface area contributed by atoms with Gasteiger partial charge in [0.05, 0.1) is 0 Å². The normalized spacial score (nSPS) is 20.2. The first-order valence-electron chi connectivity index (χ1n) is 9.18. The zero-order valence-electron chi connectivity index (χ0n) is 15.9. The largest absolute Gasteiger partial charge is 0.484 e. The van der Waals surface area contributed by atoms with Gasteiger partial charge in [0.2, 0.25) is 0 Å². The number of hydrogen-bond acceptors (Lipinski definition) is 3. The van der Waals surface area contributed by atoms with E-state index in [4.69, 9.17) is 27.9 Å². The van der Waals surface area contributed by atoms with Crippen molar-refractivity contribution in [1.82, 2.24) is 9.80 Å². The van der Waals surface area contributed by atoms with Gasteiger partial charge in [0.1, 0.15) is 11.6 Å². The van der Waals surface area contributed by atoms with Crippen LogP contribution in [-0.4, -0.2) is 47.5 Å². The van der Waals surface area contributed by atoms with E-state index in [1.54, 1.807) is 30.3 Å². The molecule has 28 heavy (non-hydrogen) atoms. The van der Waals surface area contributed by atoms with Crippen LogP contribution in [0.3, 0.4) is 0 Å². The van der Waals surface area contributed by atoms with Gasteiger partial charge in [-0.2, -0.15) is 0 Å². The Labute approximate surface area is 174 Å². The lowest BCUT2D eigenvalue weighted by atomic mass is 10.1. The fourth-order valence-corrected chi connectivity index (χ4v) is 3.94. The third-order valence-corrected chi connectivity index (χ3v) is 5.37. The Hall–Kier alpha value is -1.82. The summed E-state index contributed by atoms with van der Waals surface area (Å²) in [5.74, 6) is 0.167. The number of hydrogen-bond donors (Lipinski definition) is 0. The van der Waals surface area contributed by atoms with E-state index in [0.717, 1.165) is 18.7 Å². The molecular weight excluding hydrogens is 402 g/mol. The number of nitrogens with zero attached hydrogens (tertiary/aromatic N) is 2. The van der Waals surface area contributed by atoms with Crippen LogP contribution in [0.1, 0.15) is 19.4 Å². The van der Waals surface area contributed by atoms with E-state index in [9.17, 15) is 9.18 Å². The summed E-state index contributed by atoms with van der Waals surface area (Å²) in [6, 6.07) is 11.7. The second kappa shape index (κ2) is 9.12. The molecule has 2 atom stereocenters. The standard InChI is InChI=1S/C21H23Cl2FN2O2/c1-14-11-26(21(27)13-28-20-8-17(22)7-18(23)9-20)15(2)10-25(14)12-16-3-5-19(24)6-4-16/h3-9,14-15H,10-13H2,1-2H3/t14-,15+/m0/s1. The van der Waals surface area contributed by atoms with E-state index in [-0.39, 0.29) is 30.4 Å². The van der Waals surface area contributed by atoms with E-state index in [2.05, 4.69) is 11.8 Å². The Balaban J connectivity index is 1.56. The third-order valence-electron chi connectivity index (χ3n) is 4.93. The highest BCUT2D eigenvalue weighted by Gasteiger charge is 2.32. The van der Waals surface area contributed by atoms with Crippen molar-refractivity contribution < 1.29 is 13.9 Å². The van der Waals surface area contributed by atoms with E-state index in [1.165, 1.54) is 12.1 Å². The minimum Gasteiger partial charge on any atom is -0.484 e. The number of piperazine rings is 1. The second-order valence-corrected chi connectivity index (χ2v) is 8.07. The maximum Gasteiger partial charge on any atom is 0.260 e. The SMILES string of the molecule is C[C@@H]1CN(Cc2ccc(F)cc2)[C@@H](C)CN1C(=O)COc1cc(Cl)cc(Cl)c1. The smallest absolute Gasteiger partial charge is 0.260 e. The van der Waals surface area contributed by atoms with Crippen LogP contribution >= 0.6 is 23.2 Å². The highest BCUT2D eigenvalue weighted by atomic mass is 35.5. The van der Waals surface area contributed by atoms with Crippen LogP contribution in [-0.2, 0) is 11.3 Å². The molecule has 2 aromatic carbocycles. The van der Waals surface area contributed by atoms with Crippen molar-refractivity contribution in [3.05, 3.63) is 63.9 Å². The zero-order valence-corrected chi connectivity index (χ0v) is 17.4. The molecule has 1 amide bonds. The van der Waals surface area contributed by atoms with Crippen LogP contribution in [0.5, 0.6) is 5.75 Å². The highest BCUT2D eigenvalue weighted by molar-refractivity contribution is 6.34. The number of amides is 1. The number of carbonyl (C=O) groups excluding carboxylic acids is 1. The Morgan fingerprint density at radius 1 is 1.07 bits per heavy atom. The van der Waals surface area contributed by atoms with Gasteiger partial charge in [0, 0.05) is 41.8 Å². The van der Waals surface area contributed by atoms with Crippen molar-refractivity contribution in [3.63, 3.8) is 0 Å². The molecule has 0 spiro atoms. The molecule has 1 saturated heterocycles. The van der Waals surface area contributed by atoms with Gasteiger partial charge in [-0.25, -0.2) is 4.39 Å². The quantitative estimate of drug-likeness (QED) is 0.700. The van der Waals surface area contributed by atoms with Crippen LogP contribution in [0, 0.1) is 5.82 Å². The maximum atomic E-state index is 13.1. The van der Waals surface area contributed by atoms with E-state index >= 15 is 0 Å². The summed E-state index contributed by atoms with van der Waals surface area (Å²) in [5.41, 5.74) is 1.06. The van der Waals surface area contributed by atoms with Gasteiger partial charge in [-0.1, -0.05) is 35.3 Å². The number of benzene rings is 2. The first kappa shape index (κ1) is 20.9. The van der Waals surface area contributed by atoms with Crippen molar-refractivity contribution in [2.45, 2.75) is 32.5 Å². The second-order valence-electron chi connectivity index (χ2n) is 7.19.